The first kappa shape index (κ1) is 20.4. The standard InChI is InChI=1S/C16H13F3N2O5S/c1-10(27(25,26)14-8-6-13(7-9-14)21(23)24)15(22)20-12-4-2-11(3-5-12)16(17,18)19/h2-10H,1H3,(H,20,22)/t10-/m0/s1. The van der Waals surface area contributed by atoms with Crippen LogP contribution in [0.1, 0.15) is 12.5 Å². The van der Waals surface area contributed by atoms with Crippen LogP contribution in [0.5, 0.6) is 0 Å². The second kappa shape index (κ2) is 7.35. The van der Waals surface area contributed by atoms with Crippen molar-refractivity contribution in [2.45, 2.75) is 23.2 Å². The summed E-state index contributed by atoms with van der Waals surface area (Å²) in [6, 6.07) is 7.53. The maximum Gasteiger partial charge on any atom is 0.416 e. The van der Waals surface area contributed by atoms with Gasteiger partial charge in [0.05, 0.1) is 15.4 Å². The number of hydrogen-bond acceptors (Lipinski definition) is 5. The zero-order valence-electron chi connectivity index (χ0n) is 13.7. The normalized spacial score (nSPS) is 13.0. The number of halogens is 3. The monoisotopic (exact) mass is 402 g/mol. The molecule has 0 bridgehead atoms. The van der Waals surface area contributed by atoms with E-state index in [1.165, 1.54) is 0 Å². The number of carbonyl (C=O) groups excluding carboxylic acids is 1. The van der Waals surface area contributed by atoms with Crippen molar-refractivity contribution in [1.29, 1.82) is 0 Å². The molecular formula is C16H13F3N2O5S. The number of alkyl halides is 3. The Hall–Kier alpha value is -2.95. The van der Waals surface area contributed by atoms with Gasteiger partial charge in [0.1, 0.15) is 5.25 Å². The summed E-state index contributed by atoms with van der Waals surface area (Å²) in [5.74, 6) is -0.951. The molecule has 0 saturated heterocycles. The molecule has 144 valence electrons. The van der Waals surface area contributed by atoms with Crippen molar-refractivity contribution in [3.8, 4) is 0 Å². The summed E-state index contributed by atoms with van der Waals surface area (Å²) >= 11 is 0. The van der Waals surface area contributed by atoms with Gasteiger partial charge < -0.3 is 5.32 Å². The highest BCUT2D eigenvalue weighted by Gasteiger charge is 2.32. The molecule has 27 heavy (non-hydrogen) atoms. The van der Waals surface area contributed by atoms with Crippen molar-refractivity contribution >= 4 is 27.1 Å². The van der Waals surface area contributed by atoms with E-state index in [-0.39, 0.29) is 16.3 Å². The summed E-state index contributed by atoms with van der Waals surface area (Å²) in [4.78, 5) is 21.8. The van der Waals surface area contributed by atoms with Crippen molar-refractivity contribution in [3.63, 3.8) is 0 Å². The summed E-state index contributed by atoms with van der Waals surface area (Å²) < 4.78 is 62.5. The van der Waals surface area contributed by atoms with Gasteiger partial charge in [-0.15, -0.1) is 0 Å². The number of carbonyl (C=O) groups is 1. The van der Waals surface area contributed by atoms with Crippen LogP contribution in [0.25, 0.3) is 0 Å². The Balaban J connectivity index is 2.16. The maximum atomic E-state index is 12.5. The van der Waals surface area contributed by atoms with Crippen molar-refractivity contribution in [3.05, 3.63) is 64.2 Å². The summed E-state index contributed by atoms with van der Waals surface area (Å²) in [6.07, 6.45) is -4.53. The lowest BCUT2D eigenvalue weighted by Gasteiger charge is -2.14. The van der Waals surface area contributed by atoms with Crippen LogP contribution in [-0.4, -0.2) is 24.5 Å². The van der Waals surface area contributed by atoms with Crippen LogP contribution in [-0.2, 0) is 20.8 Å². The van der Waals surface area contributed by atoms with Crippen molar-refractivity contribution in [1.82, 2.24) is 0 Å². The minimum absolute atomic E-state index is 0.00116. The average Bonchev–Trinajstić information content (AvgIpc) is 2.60. The Kier molecular flexibility index (Phi) is 5.54. The fourth-order valence-corrected chi connectivity index (χ4v) is 3.35. The minimum Gasteiger partial charge on any atom is -0.325 e. The molecule has 2 rings (SSSR count). The molecule has 1 amide bonds. The van der Waals surface area contributed by atoms with E-state index < -0.39 is 37.7 Å². The first-order valence-electron chi connectivity index (χ1n) is 7.39. The fourth-order valence-electron chi connectivity index (χ4n) is 2.09. The molecule has 0 aliphatic rings. The van der Waals surface area contributed by atoms with E-state index in [0.29, 0.717) is 0 Å². The number of sulfone groups is 1. The number of nitro groups is 1. The Morgan fingerprint density at radius 2 is 1.59 bits per heavy atom. The predicted molar refractivity (Wildman–Crippen MR) is 89.8 cm³/mol. The van der Waals surface area contributed by atoms with Gasteiger partial charge in [-0.1, -0.05) is 0 Å². The van der Waals surface area contributed by atoms with Gasteiger partial charge in [-0.05, 0) is 43.3 Å². The number of benzene rings is 2. The van der Waals surface area contributed by atoms with E-state index in [0.717, 1.165) is 55.5 Å². The topological polar surface area (TPSA) is 106 Å². The van der Waals surface area contributed by atoms with E-state index >= 15 is 0 Å². The quantitative estimate of drug-likeness (QED) is 0.609. The summed E-state index contributed by atoms with van der Waals surface area (Å²) in [6.45, 7) is 1.11. The Morgan fingerprint density at radius 1 is 1.07 bits per heavy atom. The van der Waals surface area contributed by atoms with Gasteiger partial charge in [0, 0.05) is 17.8 Å². The molecule has 0 fully saturated rings. The van der Waals surface area contributed by atoms with E-state index in [2.05, 4.69) is 5.32 Å². The van der Waals surface area contributed by atoms with Crippen molar-refractivity contribution in [2.75, 3.05) is 5.32 Å². The van der Waals surface area contributed by atoms with Crippen molar-refractivity contribution < 1.29 is 31.3 Å². The maximum absolute atomic E-state index is 12.5. The SMILES string of the molecule is C[C@@H](C(=O)Nc1ccc(C(F)(F)F)cc1)S(=O)(=O)c1ccc([N+](=O)[O-])cc1. The van der Waals surface area contributed by atoms with Gasteiger partial charge in [-0.25, -0.2) is 8.42 Å². The van der Waals surface area contributed by atoms with Crippen molar-refractivity contribution in [2.24, 2.45) is 0 Å². The largest absolute Gasteiger partial charge is 0.416 e. The average molecular weight is 402 g/mol. The van der Waals surface area contributed by atoms with Crippen LogP contribution in [0.3, 0.4) is 0 Å². The van der Waals surface area contributed by atoms with Crippen LogP contribution in [0.2, 0.25) is 0 Å². The first-order chi connectivity index (χ1) is 12.4. The summed E-state index contributed by atoms with van der Waals surface area (Å²) in [5.41, 5.74) is -1.22. The summed E-state index contributed by atoms with van der Waals surface area (Å²) in [5, 5.41) is 11.3. The zero-order chi connectivity index (χ0) is 20.4. The zero-order valence-corrected chi connectivity index (χ0v) is 14.5. The third-order valence-corrected chi connectivity index (χ3v) is 5.76. The third kappa shape index (κ3) is 4.61. The highest BCUT2D eigenvalue weighted by molar-refractivity contribution is 7.92. The first-order valence-corrected chi connectivity index (χ1v) is 8.94. The number of nitro benzene ring substituents is 1. The summed E-state index contributed by atoms with van der Waals surface area (Å²) in [7, 11) is -4.15. The van der Waals surface area contributed by atoms with Gasteiger partial charge in [-0.2, -0.15) is 13.2 Å². The molecule has 0 aromatic heterocycles. The molecular weight excluding hydrogens is 389 g/mol. The number of non-ortho nitro benzene ring substituents is 1. The van der Waals surface area contributed by atoms with Gasteiger partial charge in [0.2, 0.25) is 5.91 Å². The minimum atomic E-state index is -4.53. The van der Waals surface area contributed by atoms with Gasteiger partial charge in [0.25, 0.3) is 5.69 Å². The van der Waals surface area contributed by atoms with Crippen LogP contribution in [0, 0.1) is 10.1 Å². The molecule has 0 aliphatic carbocycles. The number of amides is 1. The molecule has 7 nitrogen and oxygen atoms in total. The van der Waals surface area contributed by atoms with E-state index in [4.69, 9.17) is 0 Å². The van der Waals surface area contributed by atoms with Crippen LogP contribution in [0.15, 0.2) is 53.4 Å². The van der Waals surface area contributed by atoms with Gasteiger partial charge in [0.15, 0.2) is 9.84 Å². The lowest BCUT2D eigenvalue weighted by molar-refractivity contribution is -0.384. The lowest BCUT2D eigenvalue weighted by Crippen LogP contribution is -2.32. The van der Waals surface area contributed by atoms with Crippen LogP contribution in [0.4, 0.5) is 24.5 Å². The Labute approximate surface area is 151 Å². The Bertz CT molecular complexity index is 955. The van der Waals surface area contributed by atoms with E-state index in [1.54, 1.807) is 0 Å². The number of nitrogens with zero attached hydrogens (tertiary/aromatic N) is 1. The molecule has 0 spiro atoms. The highest BCUT2D eigenvalue weighted by atomic mass is 32.2. The lowest BCUT2D eigenvalue weighted by atomic mass is 10.2. The molecule has 0 saturated carbocycles. The van der Waals surface area contributed by atoms with E-state index in [9.17, 15) is 36.5 Å². The second-order valence-electron chi connectivity index (χ2n) is 5.50. The van der Waals surface area contributed by atoms with Crippen LogP contribution < -0.4 is 5.32 Å². The second-order valence-corrected chi connectivity index (χ2v) is 7.77. The molecule has 2 aromatic rings. The molecule has 11 heteroatoms. The number of rotatable bonds is 5. The third-order valence-electron chi connectivity index (χ3n) is 3.69. The molecule has 0 radical (unpaired) electrons. The molecule has 0 unspecified atom stereocenters. The van der Waals surface area contributed by atoms with Gasteiger partial charge in [-0.3, -0.25) is 14.9 Å². The highest BCUT2D eigenvalue weighted by Crippen LogP contribution is 2.30. The number of anilines is 1. The van der Waals surface area contributed by atoms with E-state index in [1.807, 2.05) is 0 Å². The van der Waals surface area contributed by atoms with Gasteiger partial charge >= 0.3 is 6.18 Å². The molecule has 1 N–H and O–H groups in total. The molecule has 2 aromatic carbocycles. The van der Waals surface area contributed by atoms with Crippen LogP contribution >= 0.6 is 0 Å². The smallest absolute Gasteiger partial charge is 0.325 e. The fraction of sp³-hybridized carbons (Fsp3) is 0.188. The Morgan fingerprint density at radius 3 is 2.04 bits per heavy atom. The molecule has 1 atom stereocenters. The predicted octanol–water partition coefficient (Wildman–Crippen LogP) is 3.41. The number of hydrogen-bond donors (Lipinski definition) is 1. The molecule has 0 aliphatic heterocycles. The molecule has 0 heterocycles. The number of nitrogens with one attached hydrogen (secondary N) is 1.